The molecule has 0 spiro atoms. The maximum atomic E-state index is 12.0. The molecule has 0 fully saturated rings. The summed E-state index contributed by atoms with van der Waals surface area (Å²) in [6, 6.07) is 1.97. The van der Waals surface area contributed by atoms with Crippen LogP contribution >= 0.6 is 27.3 Å². The maximum absolute atomic E-state index is 12.0. The van der Waals surface area contributed by atoms with E-state index in [-0.39, 0.29) is 17.2 Å². The molecular weight excluding hydrogens is 318 g/mol. The van der Waals surface area contributed by atoms with Gasteiger partial charge in [-0.15, -0.1) is 11.3 Å². The molecular formula is C11H10BrN3O2S. The third-order valence-corrected chi connectivity index (χ3v) is 3.93. The normalized spacial score (nSPS) is 10.3. The number of rotatable bonds is 3. The molecule has 0 aliphatic carbocycles. The molecule has 1 N–H and O–H groups in total. The zero-order chi connectivity index (χ0) is 13.1. The number of aromatic amines is 1. The fourth-order valence-electron chi connectivity index (χ4n) is 1.40. The second-order valence-corrected chi connectivity index (χ2v) is 5.60. The Morgan fingerprint density at radius 3 is 2.94 bits per heavy atom. The molecule has 2 aromatic heterocycles. The third-order valence-electron chi connectivity index (χ3n) is 2.25. The minimum Gasteiger partial charge on any atom is -0.335 e. The number of amides is 1. The van der Waals surface area contributed by atoms with Crippen LogP contribution in [0.15, 0.2) is 33.1 Å². The van der Waals surface area contributed by atoms with Crippen LogP contribution < -0.4 is 5.56 Å². The molecule has 0 saturated heterocycles. The van der Waals surface area contributed by atoms with Gasteiger partial charge in [0, 0.05) is 28.0 Å². The van der Waals surface area contributed by atoms with E-state index >= 15 is 0 Å². The Hall–Kier alpha value is -1.47. The first kappa shape index (κ1) is 13.0. The fourth-order valence-corrected chi connectivity index (χ4v) is 2.90. The first-order valence-corrected chi connectivity index (χ1v) is 6.76. The topological polar surface area (TPSA) is 66.1 Å². The van der Waals surface area contributed by atoms with Crippen molar-refractivity contribution >= 4 is 33.2 Å². The van der Waals surface area contributed by atoms with Crippen LogP contribution in [0.25, 0.3) is 0 Å². The second kappa shape index (κ2) is 5.45. The van der Waals surface area contributed by atoms with Gasteiger partial charge in [0.1, 0.15) is 5.69 Å². The van der Waals surface area contributed by atoms with Gasteiger partial charge < -0.3 is 9.88 Å². The van der Waals surface area contributed by atoms with Gasteiger partial charge in [0.05, 0.1) is 12.7 Å². The summed E-state index contributed by atoms with van der Waals surface area (Å²) in [5.74, 6) is -0.226. The van der Waals surface area contributed by atoms with Crippen molar-refractivity contribution in [1.29, 1.82) is 0 Å². The Morgan fingerprint density at radius 1 is 1.61 bits per heavy atom. The number of H-pyrrole nitrogens is 1. The van der Waals surface area contributed by atoms with E-state index in [4.69, 9.17) is 0 Å². The lowest BCUT2D eigenvalue weighted by molar-refractivity contribution is 0.0780. The van der Waals surface area contributed by atoms with E-state index in [1.54, 1.807) is 23.3 Å². The van der Waals surface area contributed by atoms with Crippen molar-refractivity contribution in [1.82, 2.24) is 14.9 Å². The molecule has 0 aromatic carbocycles. The number of thiophene rings is 1. The quantitative estimate of drug-likeness (QED) is 0.935. The molecule has 94 valence electrons. The van der Waals surface area contributed by atoms with Crippen LogP contribution in [0.1, 0.15) is 15.4 Å². The van der Waals surface area contributed by atoms with Crippen LogP contribution in [0.5, 0.6) is 0 Å². The first-order valence-electron chi connectivity index (χ1n) is 5.09. The number of hydrogen-bond donors (Lipinski definition) is 1. The maximum Gasteiger partial charge on any atom is 0.274 e. The molecule has 0 saturated carbocycles. The predicted octanol–water partition coefficient (Wildman–Crippen LogP) is 1.87. The van der Waals surface area contributed by atoms with Gasteiger partial charge in [-0.1, -0.05) is 0 Å². The van der Waals surface area contributed by atoms with Crippen molar-refractivity contribution in [3.05, 3.63) is 49.2 Å². The number of nitrogens with one attached hydrogen (secondary N) is 1. The Bertz CT molecular complexity index is 602. The first-order chi connectivity index (χ1) is 8.56. The lowest BCUT2D eigenvalue weighted by Gasteiger charge is -2.15. The lowest BCUT2D eigenvalue weighted by atomic mass is 10.3. The molecule has 2 heterocycles. The summed E-state index contributed by atoms with van der Waals surface area (Å²) in [5.41, 5.74) is -0.0934. The van der Waals surface area contributed by atoms with E-state index in [2.05, 4.69) is 25.9 Å². The summed E-state index contributed by atoms with van der Waals surface area (Å²) in [6.45, 7) is 0.510. The minimum atomic E-state index is -0.323. The lowest BCUT2D eigenvalue weighted by Crippen LogP contribution is -2.27. The summed E-state index contributed by atoms with van der Waals surface area (Å²) >= 11 is 4.94. The highest BCUT2D eigenvalue weighted by Gasteiger charge is 2.14. The Balaban J connectivity index is 2.09. The molecule has 0 atom stereocenters. The third kappa shape index (κ3) is 3.05. The number of carbonyl (C=O) groups is 1. The highest BCUT2D eigenvalue weighted by atomic mass is 79.9. The van der Waals surface area contributed by atoms with Crippen molar-refractivity contribution in [3.8, 4) is 0 Å². The van der Waals surface area contributed by atoms with Gasteiger partial charge in [0.2, 0.25) is 0 Å². The summed E-state index contributed by atoms with van der Waals surface area (Å²) in [6.07, 6.45) is 2.42. The zero-order valence-corrected chi connectivity index (χ0v) is 11.9. The van der Waals surface area contributed by atoms with E-state index in [1.165, 1.54) is 6.20 Å². The molecule has 2 aromatic rings. The summed E-state index contributed by atoms with van der Waals surface area (Å²) < 4.78 is 1.01. The highest BCUT2D eigenvalue weighted by molar-refractivity contribution is 9.10. The van der Waals surface area contributed by atoms with Crippen molar-refractivity contribution < 1.29 is 4.79 Å². The second-order valence-electron chi connectivity index (χ2n) is 3.69. The molecule has 0 bridgehead atoms. The Kier molecular flexibility index (Phi) is 3.93. The molecule has 1 amide bonds. The monoisotopic (exact) mass is 327 g/mol. The van der Waals surface area contributed by atoms with Crippen molar-refractivity contribution in [3.63, 3.8) is 0 Å². The molecule has 0 unspecified atom stereocenters. The van der Waals surface area contributed by atoms with Crippen LogP contribution in [0.2, 0.25) is 0 Å². The van der Waals surface area contributed by atoms with Crippen LogP contribution in [0.3, 0.4) is 0 Å². The largest absolute Gasteiger partial charge is 0.335 e. The van der Waals surface area contributed by atoms with E-state index < -0.39 is 0 Å². The number of aromatic nitrogens is 2. The van der Waals surface area contributed by atoms with Crippen LogP contribution in [0, 0.1) is 0 Å². The Morgan fingerprint density at radius 2 is 2.39 bits per heavy atom. The molecule has 2 rings (SSSR count). The van der Waals surface area contributed by atoms with Crippen LogP contribution in [-0.2, 0) is 6.54 Å². The van der Waals surface area contributed by atoms with Gasteiger partial charge in [-0.25, -0.2) is 4.98 Å². The molecule has 7 heteroatoms. The van der Waals surface area contributed by atoms with Gasteiger partial charge in [0.25, 0.3) is 11.5 Å². The standard InChI is InChI=1S/C11H10BrN3O2S/c1-15(5-8-2-7(12)6-18-8)11(17)9-3-14-10(16)4-13-9/h2-4,6H,5H2,1H3,(H,14,16). The average Bonchev–Trinajstić information content (AvgIpc) is 2.75. The van der Waals surface area contributed by atoms with Crippen molar-refractivity contribution in [2.24, 2.45) is 0 Å². The minimum absolute atomic E-state index is 0.226. The van der Waals surface area contributed by atoms with Crippen LogP contribution in [0.4, 0.5) is 0 Å². The van der Waals surface area contributed by atoms with Gasteiger partial charge in [0.15, 0.2) is 0 Å². The van der Waals surface area contributed by atoms with E-state index in [1.807, 2.05) is 11.4 Å². The summed E-state index contributed by atoms with van der Waals surface area (Å²) in [4.78, 5) is 31.7. The molecule has 0 radical (unpaired) electrons. The zero-order valence-electron chi connectivity index (χ0n) is 9.51. The fraction of sp³-hybridized carbons (Fsp3) is 0.182. The van der Waals surface area contributed by atoms with Gasteiger partial charge in [-0.05, 0) is 22.0 Å². The highest BCUT2D eigenvalue weighted by Crippen LogP contribution is 2.21. The average molecular weight is 328 g/mol. The number of carbonyl (C=O) groups excluding carboxylic acids is 1. The van der Waals surface area contributed by atoms with Crippen molar-refractivity contribution in [2.75, 3.05) is 7.05 Å². The van der Waals surface area contributed by atoms with Gasteiger partial charge in [-0.3, -0.25) is 9.59 Å². The predicted molar refractivity (Wildman–Crippen MR) is 72.7 cm³/mol. The van der Waals surface area contributed by atoms with Crippen molar-refractivity contribution in [2.45, 2.75) is 6.54 Å². The van der Waals surface area contributed by atoms with E-state index in [9.17, 15) is 9.59 Å². The van der Waals surface area contributed by atoms with Gasteiger partial charge in [-0.2, -0.15) is 0 Å². The number of nitrogens with zero attached hydrogens (tertiary/aromatic N) is 2. The smallest absolute Gasteiger partial charge is 0.274 e. The summed E-state index contributed by atoms with van der Waals surface area (Å²) in [7, 11) is 1.70. The summed E-state index contributed by atoms with van der Waals surface area (Å²) in [5, 5.41) is 1.96. The van der Waals surface area contributed by atoms with Crippen LogP contribution in [-0.4, -0.2) is 27.8 Å². The Labute approximate surface area is 116 Å². The molecule has 0 aliphatic rings. The number of hydrogen-bond acceptors (Lipinski definition) is 4. The molecule has 0 aliphatic heterocycles. The molecule has 5 nitrogen and oxygen atoms in total. The number of halogens is 1. The van der Waals surface area contributed by atoms with E-state index in [0.717, 1.165) is 15.5 Å². The van der Waals surface area contributed by atoms with Gasteiger partial charge >= 0.3 is 0 Å². The molecule has 18 heavy (non-hydrogen) atoms. The van der Waals surface area contributed by atoms with E-state index in [0.29, 0.717) is 6.54 Å². The SMILES string of the molecule is CN(Cc1cc(Br)cs1)C(=O)c1c[nH]c(=O)cn1.